The maximum atomic E-state index is 12.1. The molecule has 0 atom stereocenters. The van der Waals surface area contributed by atoms with Crippen molar-refractivity contribution < 1.29 is 30.4 Å². The molecule has 0 aliphatic carbocycles. The Hall–Kier alpha value is -0.888. The Morgan fingerprint density at radius 3 is 2.00 bits per heavy atom. The van der Waals surface area contributed by atoms with Crippen molar-refractivity contribution >= 4 is 34.8 Å². The van der Waals surface area contributed by atoms with Crippen molar-refractivity contribution in [2.45, 2.75) is 0 Å². The standard InChI is InChI=1S/C13H9Cl2NO2.Pd/c14-10-7-4-8-11(15)12(10)13(17)16(18)9-5-2-1-3-6-9;/h1-8,18H;. The predicted molar refractivity (Wildman–Crippen MR) is 71.5 cm³/mol. The summed E-state index contributed by atoms with van der Waals surface area (Å²) in [6.45, 7) is 0. The van der Waals surface area contributed by atoms with Gasteiger partial charge in [-0.05, 0) is 24.3 Å². The van der Waals surface area contributed by atoms with Gasteiger partial charge in [0.25, 0.3) is 5.91 Å². The van der Waals surface area contributed by atoms with Crippen LogP contribution in [0.25, 0.3) is 0 Å². The minimum atomic E-state index is -0.670. The number of benzene rings is 2. The third-order valence-electron chi connectivity index (χ3n) is 2.37. The van der Waals surface area contributed by atoms with Crippen LogP contribution in [0.1, 0.15) is 10.4 Å². The first-order valence-electron chi connectivity index (χ1n) is 5.13. The molecular weight excluding hydrogens is 379 g/mol. The van der Waals surface area contributed by atoms with Gasteiger partial charge in [0.05, 0.1) is 21.3 Å². The quantitative estimate of drug-likeness (QED) is 0.479. The first kappa shape index (κ1) is 16.2. The van der Waals surface area contributed by atoms with E-state index in [4.69, 9.17) is 23.2 Å². The maximum absolute atomic E-state index is 12.1. The summed E-state index contributed by atoms with van der Waals surface area (Å²) in [5.74, 6) is -0.670. The van der Waals surface area contributed by atoms with Crippen molar-refractivity contribution in [1.82, 2.24) is 0 Å². The Morgan fingerprint density at radius 2 is 1.47 bits per heavy atom. The molecule has 0 heterocycles. The Labute approximate surface area is 134 Å². The Balaban J connectivity index is 0.00000180. The van der Waals surface area contributed by atoms with Gasteiger partial charge < -0.3 is 0 Å². The molecule has 0 aliphatic rings. The zero-order valence-corrected chi connectivity index (χ0v) is 12.6. The van der Waals surface area contributed by atoms with Crippen molar-refractivity contribution in [1.29, 1.82) is 0 Å². The van der Waals surface area contributed by atoms with Gasteiger partial charge in [-0.2, -0.15) is 5.06 Å². The van der Waals surface area contributed by atoms with Crippen LogP contribution in [0.4, 0.5) is 5.69 Å². The van der Waals surface area contributed by atoms with Crippen LogP contribution in [0.2, 0.25) is 10.0 Å². The van der Waals surface area contributed by atoms with E-state index in [1.54, 1.807) is 48.5 Å². The number of carbonyl (C=O) groups excluding carboxylic acids is 1. The second-order valence-corrected chi connectivity index (χ2v) is 4.36. The largest absolute Gasteiger partial charge is 0.285 e. The summed E-state index contributed by atoms with van der Waals surface area (Å²) in [5, 5.41) is 10.8. The summed E-state index contributed by atoms with van der Waals surface area (Å²) in [4.78, 5) is 12.1. The molecule has 2 aromatic carbocycles. The molecule has 6 heteroatoms. The van der Waals surface area contributed by atoms with E-state index in [1.807, 2.05) is 0 Å². The molecule has 0 unspecified atom stereocenters. The Kier molecular flexibility index (Phi) is 5.99. The van der Waals surface area contributed by atoms with Crippen LogP contribution >= 0.6 is 23.2 Å². The minimum absolute atomic E-state index is 0. The number of hydrogen-bond donors (Lipinski definition) is 1. The van der Waals surface area contributed by atoms with Gasteiger partial charge in [-0.1, -0.05) is 47.5 Å². The molecule has 3 nitrogen and oxygen atoms in total. The number of rotatable bonds is 2. The van der Waals surface area contributed by atoms with E-state index in [0.717, 1.165) is 0 Å². The number of halogens is 2. The molecule has 19 heavy (non-hydrogen) atoms. The Morgan fingerprint density at radius 1 is 0.947 bits per heavy atom. The minimum Gasteiger partial charge on any atom is -0.281 e. The van der Waals surface area contributed by atoms with Gasteiger partial charge in [-0.15, -0.1) is 0 Å². The maximum Gasteiger partial charge on any atom is 0.285 e. The molecular formula is C13H9Cl2NO2Pd. The fourth-order valence-corrected chi connectivity index (χ4v) is 2.05. The van der Waals surface area contributed by atoms with E-state index in [0.29, 0.717) is 10.8 Å². The number of anilines is 1. The summed E-state index contributed by atoms with van der Waals surface area (Å²) in [6, 6.07) is 13.1. The van der Waals surface area contributed by atoms with Crippen molar-refractivity contribution in [3.05, 3.63) is 64.1 Å². The van der Waals surface area contributed by atoms with Gasteiger partial charge >= 0.3 is 0 Å². The molecule has 1 amide bonds. The fourth-order valence-electron chi connectivity index (χ4n) is 1.49. The SMILES string of the molecule is O=C(c1c(Cl)cccc1Cl)N(O)c1ccccc1.[Pd]. The van der Waals surface area contributed by atoms with Crippen molar-refractivity contribution in [3.8, 4) is 0 Å². The molecule has 0 spiro atoms. The zero-order valence-electron chi connectivity index (χ0n) is 9.49. The van der Waals surface area contributed by atoms with Crippen molar-refractivity contribution in [3.63, 3.8) is 0 Å². The van der Waals surface area contributed by atoms with Crippen molar-refractivity contribution in [2.75, 3.05) is 5.06 Å². The second-order valence-electron chi connectivity index (χ2n) is 3.55. The molecule has 0 saturated heterocycles. The van der Waals surface area contributed by atoms with E-state index in [9.17, 15) is 10.0 Å². The van der Waals surface area contributed by atoms with Gasteiger partial charge in [-0.25, -0.2) is 0 Å². The van der Waals surface area contributed by atoms with E-state index >= 15 is 0 Å². The predicted octanol–water partition coefficient (Wildman–Crippen LogP) is 4.03. The van der Waals surface area contributed by atoms with Crippen LogP contribution in [0.5, 0.6) is 0 Å². The van der Waals surface area contributed by atoms with Gasteiger partial charge in [0, 0.05) is 20.4 Å². The van der Waals surface area contributed by atoms with Crippen LogP contribution < -0.4 is 5.06 Å². The topological polar surface area (TPSA) is 40.5 Å². The van der Waals surface area contributed by atoms with E-state index in [1.165, 1.54) is 0 Å². The third-order valence-corrected chi connectivity index (χ3v) is 3.00. The monoisotopic (exact) mass is 387 g/mol. The number of hydroxylamine groups is 1. The molecule has 0 bridgehead atoms. The van der Waals surface area contributed by atoms with Gasteiger partial charge in [0.2, 0.25) is 0 Å². The van der Waals surface area contributed by atoms with Crippen LogP contribution in [0, 0.1) is 0 Å². The first-order chi connectivity index (χ1) is 8.61. The normalized spacial score (nSPS) is 9.63. The van der Waals surface area contributed by atoms with Crippen LogP contribution in [-0.2, 0) is 20.4 Å². The van der Waals surface area contributed by atoms with E-state index < -0.39 is 5.91 Å². The van der Waals surface area contributed by atoms with Crippen LogP contribution in [-0.4, -0.2) is 11.1 Å². The molecule has 2 aromatic rings. The fraction of sp³-hybridized carbons (Fsp3) is 0. The van der Waals surface area contributed by atoms with Gasteiger partial charge in [0.1, 0.15) is 0 Å². The number of amides is 1. The number of nitrogens with zero attached hydrogens (tertiary/aromatic N) is 1. The number of para-hydroxylation sites is 1. The molecule has 0 aliphatic heterocycles. The summed E-state index contributed by atoms with van der Waals surface area (Å²) in [7, 11) is 0. The van der Waals surface area contributed by atoms with E-state index in [-0.39, 0.29) is 36.0 Å². The smallest absolute Gasteiger partial charge is 0.281 e. The van der Waals surface area contributed by atoms with Gasteiger partial charge in [-0.3, -0.25) is 10.0 Å². The van der Waals surface area contributed by atoms with Gasteiger partial charge in [0.15, 0.2) is 0 Å². The van der Waals surface area contributed by atoms with Crippen molar-refractivity contribution in [2.24, 2.45) is 0 Å². The Bertz CT molecular complexity index is 558. The molecule has 0 aromatic heterocycles. The first-order valence-corrected chi connectivity index (χ1v) is 5.89. The summed E-state index contributed by atoms with van der Waals surface area (Å²) in [6.07, 6.45) is 0. The number of hydrogen-bond acceptors (Lipinski definition) is 2. The summed E-state index contributed by atoms with van der Waals surface area (Å²) < 4.78 is 0. The number of carbonyl (C=O) groups is 1. The van der Waals surface area contributed by atoms with E-state index in [2.05, 4.69) is 0 Å². The average Bonchev–Trinajstić information content (AvgIpc) is 2.38. The molecule has 0 saturated carbocycles. The molecule has 102 valence electrons. The second kappa shape index (κ2) is 7.04. The summed E-state index contributed by atoms with van der Waals surface area (Å²) in [5.41, 5.74) is 0.422. The zero-order chi connectivity index (χ0) is 13.1. The molecule has 1 N–H and O–H groups in total. The average molecular weight is 389 g/mol. The molecule has 0 radical (unpaired) electrons. The van der Waals surface area contributed by atoms with Crippen LogP contribution in [0.3, 0.4) is 0 Å². The van der Waals surface area contributed by atoms with Crippen LogP contribution in [0.15, 0.2) is 48.5 Å². The molecule has 0 fully saturated rings. The molecule has 2 rings (SSSR count). The third kappa shape index (κ3) is 3.56. The summed E-state index contributed by atoms with van der Waals surface area (Å²) >= 11 is 11.8.